The monoisotopic (exact) mass is 291 g/mol. The SMILES string of the molecule is Cc1ccccc1N(CCC(=O)O)C(=O)C1(C)CCCO1. The number of anilines is 1. The molecule has 1 aromatic carbocycles. The first-order valence-electron chi connectivity index (χ1n) is 7.17. The number of ether oxygens (including phenoxy) is 1. The first-order valence-corrected chi connectivity index (χ1v) is 7.17. The molecule has 1 fully saturated rings. The molecule has 1 amide bonds. The van der Waals surface area contributed by atoms with Crippen LogP contribution in [-0.2, 0) is 14.3 Å². The maximum Gasteiger partial charge on any atom is 0.305 e. The van der Waals surface area contributed by atoms with E-state index in [1.807, 2.05) is 31.2 Å². The highest BCUT2D eigenvalue weighted by Crippen LogP contribution is 2.30. The zero-order chi connectivity index (χ0) is 15.5. The van der Waals surface area contributed by atoms with Crippen molar-refractivity contribution in [2.75, 3.05) is 18.1 Å². The third-order valence-electron chi connectivity index (χ3n) is 3.87. The van der Waals surface area contributed by atoms with E-state index in [0.717, 1.165) is 17.7 Å². The Kier molecular flexibility index (Phi) is 4.63. The van der Waals surface area contributed by atoms with Gasteiger partial charge in [0.25, 0.3) is 5.91 Å². The van der Waals surface area contributed by atoms with Crippen LogP contribution in [0.1, 0.15) is 31.7 Å². The van der Waals surface area contributed by atoms with Crippen LogP contribution in [0.4, 0.5) is 5.69 Å². The minimum Gasteiger partial charge on any atom is -0.481 e. The number of rotatable bonds is 5. The van der Waals surface area contributed by atoms with Crippen LogP contribution < -0.4 is 4.90 Å². The van der Waals surface area contributed by atoms with Crippen LogP contribution >= 0.6 is 0 Å². The fraction of sp³-hybridized carbons (Fsp3) is 0.500. The lowest BCUT2D eigenvalue weighted by Crippen LogP contribution is -2.48. The van der Waals surface area contributed by atoms with E-state index in [9.17, 15) is 9.59 Å². The van der Waals surface area contributed by atoms with Crippen molar-refractivity contribution in [1.82, 2.24) is 0 Å². The van der Waals surface area contributed by atoms with Crippen molar-refractivity contribution in [3.05, 3.63) is 29.8 Å². The van der Waals surface area contributed by atoms with Crippen LogP contribution in [0, 0.1) is 6.92 Å². The number of hydrogen-bond donors (Lipinski definition) is 1. The second-order valence-electron chi connectivity index (χ2n) is 5.57. The quantitative estimate of drug-likeness (QED) is 0.904. The van der Waals surface area contributed by atoms with Crippen molar-refractivity contribution in [1.29, 1.82) is 0 Å². The fourth-order valence-electron chi connectivity index (χ4n) is 2.64. The van der Waals surface area contributed by atoms with Gasteiger partial charge < -0.3 is 14.7 Å². The lowest BCUT2D eigenvalue weighted by molar-refractivity contribution is -0.138. The Morgan fingerprint density at radius 2 is 2.10 bits per heavy atom. The molecule has 0 saturated carbocycles. The van der Waals surface area contributed by atoms with Gasteiger partial charge in [-0.05, 0) is 38.3 Å². The predicted octanol–water partition coefficient (Wildman–Crippen LogP) is 2.37. The van der Waals surface area contributed by atoms with Crippen molar-refractivity contribution < 1.29 is 19.4 Å². The highest BCUT2D eigenvalue weighted by atomic mass is 16.5. The van der Waals surface area contributed by atoms with Crippen molar-refractivity contribution in [3.8, 4) is 0 Å². The largest absolute Gasteiger partial charge is 0.481 e. The molecule has 1 unspecified atom stereocenters. The van der Waals surface area contributed by atoms with Crippen molar-refractivity contribution >= 4 is 17.6 Å². The summed E-state index contributed by atoms with van der Waals surface area (Å²) in [7, 11) is 0. The number of para-hydroxylation sites is 1. The Bertz CT molecular complexity index is 535. The molecule has 1 heterocycles. The summed E-state index contributed by atoms with van der Waals surface area (Å²) in [4.78, 5) is 25.3. The number of nitrogens with zero attached hydrogens (tertiary/aromatic N) is 1. The molecule has 5 nitrogen and oxygen atoms in total. The number of carbonyl (C=O) groups is 2. The molecule has 1 saturated heterocycles. The average molecular weight is 291 g/mol. The second-order valence-corrected chi connectivity index (χ2v) is 5.57. The van der Waals surface area contributed by atoms with Gasteiger partial charge in [-0.3, -0.25) is 9.59 Å². The van der Waals surface area contributed by atoms with Gasteiger partial charge in [0.2, 0.25) is 0 Å². The Morgan fingerprint density at radius 3 is 2.67 bits per heavy atom. The molecule has 0 bridgehead atoms. The molecule has 0 aliphatic carbocycles. The van der Waals surface area contributed by atoms with E-state index < -0.39 is 11.6 Å². The molecule has 1 aromatic rings. The minimum atomic E-state index is -0.918. The first kappa shape index (κ1) is 15.5. The number of carbonyl (C=O) groups excluding carboxylic acids is 1. The number of aryl methyl sites for hydroxylation is 1. The van der Waals surface area contributed by atoms with Crippen LogP contribution in [0.3, 0.4) is 0 Å². The Hall–Kier alpha value is -1.88. The van der Waals surface area contributed by atoms with Crippen LogP contribution in [-0.4, -0.2) is 35.7 Å². The van der Waals surface area contributed by atoms with Crippen molar-refractivity contribution in [3.63, 3.8) is 0 Å². The van der Waals surface area contributed by atoms with Crippen molar-refractivity contribution in [2.45, 2.75) is 38.7 Å². The number of carboxylic acid groups (broad SMARTS) is 1. The minimum absolute atomic E-state index is 0.0871. The van der Waals surface area contributed by atoms with Gasteiger partial charge >= 0.3 is 5.97 Å². The zero-order valence-corrected chi connectivity index (χ0v) is 12.5. The van der Waals surface area contributed by atoms with Crippen LogP contribution in [0.2, 0.25) is 0 Å². The maximum atomic E-state index is 12.8. The molecule has 0 radical (unpaired) electrons. The number of aliphatic carboxylic acids is 1. The van der Waals surface area contributed by atoms with Gasteiger partial charge in [-0.1, -0.05) is 18.2 Å². The van der Waals surface area contributed by atoms with Gasteiger partial charge in [-0.15, -0.1) is 0 Å². The first-order chi connectivity index (χ1) is 9.94. The summed E-state index contributed by atoms with van der Waals surface area (Å²) in [6.45, 7) is 4.42. The standard InChI is InChI=1S/C16H21NO4/c1-12-6-3-4-7-13(12)17(10-8-14(18)19)15(20)16(2)9-5-11-21-16/h3-4,6-7H,5,8-11H2,1-2H3,(H,18,19). The summed E-state index contributed by atoms with van der Waals surface area (Å²) in [6.07, 6.45) is 1.43. The van der Waals surface area contributed by atoms with E-state index in [2.05, 4.69) is 0 Å². The van der Waals surface area contributed by atoms with Gasteiger partial charge in [0, 0.05) is 18.8 Å². The summed E-state index contributed by atoms with van der Waals surface area (Å²) in [5.41, 5.74) is 0.846. The fourth-order valence-corrected chi connectivity index (χ4v) is 2.64. The number of carboxylic acids is 1. The zero-order valence-electron chi connectivity index (χ0n) is 12.5. The molecular weight excluding hydrogens is 270 g/mol. The van der Waals surface area contributed by atoms with Crippen LogP contribution in [0.25, 0.3) is 0 Å². The van der Waals surface area contributed by atoms with Crippen LogP contribution in [0.15, 0.2) is 24.3 Å². The molecule has 0 aromatic heterocycles. The van der Waals surface area contributed by atoms with Gasteiger partial charge in [0.15, 0.2) is 0 Å². The lowest BCUT2D eigenvalue weighted by Gasteiger charge is -2.31. The molecule has 21 heavy (non-hydrogen) atoms. The van der Waals surface area contributed by atoms with Gasteiger partial charge in [-0.25, -0.2) is 0 Å². The van der Waals surface area contributed by atoms with E-state index in [1.165, 1.54) is 0 Å². The molecule has 2 rings (SSSR count). The van der Waals surface area contributed by atoms with Crippen LogP contribution in [0.5, 0.6) is 0 Å². The van der Waals surface area contributed by atoms with Gasteiger partial charge in [0.1, 0.15) is 5.60 Å². The van der Waals surface area contributed by atoms with E-state index in [0.29, 0.717) is 13.0 Å². The average Bonchev–Trinajstić information content (AvgIpc) is 2.88. The van der Waals surface area contributed by atoms with Gasteiger partial charge in [0.05, 0.1) is 6.42 Å². The summed E-state index contributed by atoms with van der Waals surface area (Å²) < 4.78 is 5.61. The van der Waals surface area contributed by atoms with E-state index in [4.69, 9.17) is 9.84 Å². The molecule has 0 spiro atoms. The number of hydrogen-bond acceptors (Lipinski definition) is 3. The third kappa shape index (κ3) is 3.42. The summed E-state index contributed by atoms with van der Waals surface area (Å²) in [5.74, 6) is -1.07. The second kappa shape index (κ2) is 6.26. The molecule has 114 valence electrons. The molecular formula is C16H21NO4. The summed E-state index contributed by atoms with van der Waals surface area (Å²) in [6, 6.07) is 7.50. The van der Waals surface area contributed by atoms with E-state index in [1.54, 1.807) is 11.8 Å². The van der Waals surface area contributed by atoms with Gasteiger partial charge in [-0.2, -0.15) is 0 Å². The van der Waals surface area contributed by atoms with Crippen molar-refractivity contribution in [2.24, 2.45) is 0 Å². The number of amides is 1. The Balaban J connectivity index is 2.29. The normalized spacial score (nSPS) is 21.2. The van der Waals surface area contributed by atoms with E-state index >= 15 is 0 Å². The highest BCUT2D eigenvalue weighted by Gasteiger charge is 2.41. The third-order valence-corrected chi connectivity index (χ3v) is 3.87. The summed E-state index contributed by atoms with van der Waals surface area (Å²) in [5, 5.41) is 8.92. The lowest BCUT2D eigenvalue weighted by atomic mass is 10.00. The Morgan fingerprint density at radius 1 is 1.38 bits per heavy atom. The highest BCUT2D eigenvalue weighted by molar-refractivity contribution is 6.00. The molecule has 1 N–H and O–H groups in total. The summed E-state index contributed by atoms with van der Waals surface area (Å²) >= 11 is 0. The predicted molar refractivity (Wildman–Crippen MR) is 79.4 cm³/mol. The maximum absolute atomic E-state index is 12.8. The topological polar surface area (TPSA) is 66.8 Å². The number of benzene rings is 1. The Labute approximate surface area is 124 Å². The molecule has 1 aliphatic heterocycles. The molecule has 1 atom stereocenters. The smallest absolute Gasteiger partial charge is 0.305 e. The molecule has 5 heteroatoms. The molecule has 1 aliphatic rings. The van der Waals surface area contributed by atoms with E-state index in [-0.39, 0.29) is 18.9 Å².